The monoisotopic (exact) mass is 410 g/mol. The second-order valence-electron chi connectivity index (χ2n) is 6.49. The molecule has 0 aliphatic heterocycles. The normalized spacial score (nSPS) is 11.2. The fraction of sp³-hybridized carbons (Fsp3) is 0.190. The number of anilines is 1. The summed E-state index contributed by atoms with van der Waals surface area (Å²) in [4.78, 5) is 22.1. The van der Waals surface area contributed by atoms with Gasteiger partial charge in [0, 0.05) is 12.1 Å². The molecule has 0 saturated heterocycles. The predicted molar refractivity (Wildman–Crippen MR) is 112 cm³/mol. The summed E-state index contributed by atoms with van der Waals surface area (Å²) in [5, 5.41) is 0.646. The molecule has 0 aliphatic carbocycles. The smallest absolute Gasteiger partial charge is 0.344 e. The van der Waals surface area contributed by atoms with Gasteiger partial charge in [-0.15, -0.1) is 0 Å². The molecular formula is C21H19ClN4O3. The Morgan fingerprint density at radius 2 is 1.76 bits per heavy atom. The van der Waals surface area contributed by atoms with Gasteiger partial charge in [-0.3, -0.25) is 0 Å². The summed E-state index contributed by atoms with van der Waals surface area (Å²) in [6, 6.07) is 14.9. The van der Waals surface area contributed by atoms with E-state index in [1.165, 1.54) is 7.11 Å². The van der Waals surface area contributed by atoms with Crippen LogP contribution in [0.4, 0.5) is 5.82 Å². The molecule has 0 fully saturated rings. The van der Waals surface area contributed by atoms with Gasteiger partial charge in [0.05, 0.1) is 24.2 Å². The average molecular weight is 411 g/mol. The molecule has 0 spiro atoms. The Morgan fingerprint density at radius 1 is 1.07 bits per heavy atom. The van der Waals surface area contributed by atoms with Crippen molar-refractivity contribution in [1.82, 2.24) is 14.5 Å². The first-order valence-corrected chi connectivity index (χ1v) is 9.41. The minimum Gasteiger partial charge on any atom is -0.459 e. The van der Waals surface area contributed by atoms with Gasteiger partial charge in [-0.1, -0.05) is 35.9 Å². The fourth-order valence-electron chi connectivity index (χ4n) is 3.14. The molecule has 0 unspecified atom stereocenters. The molecule has 148 valence electrons. The number of aromatic nitrogens is 3. The van der Waals surface area contributed by atoms with Crippen molar-refractivity contribution in [2.24, 2.45) is 0 Å². The molecule has 7 nitrogen and oxygen atoms in total. The van der Waals surface area contributed by atoms with Gasteiger partial charge in [-0.05, 0) is 29.8 Å². The van der Waals surface area contributed by atoms with E-state index in [0.29, 0.717) is 40.4 Å². The predicted octanol–water partition coefficient (Wildman–Crippen LogP) is 3.67. The Labute approximate surface area is 172 Å². The van der Waals surface area contributed by atoms with Gasteiger partial charge in [0.25, 0.3) is 0 Å². The van der Waals surface area contributed by atoms with Crippen molar-refractivity contribution in [2.45, 2.75) is 6.54 Å². The summed E-state index contributed by atoms with van der Waals surface area (Å²) in [5.74, 6) is -0.295. The highest BCUT2D eigenvalue weighted by molar-refractivity contribution is 6.30. The molecule has 0 aliphatic rings. The molecule has 0 amide bonds. The third kappa shape index (κ3) is 3.74. The Bertz CT molecular complexity index is 1190. The second kappa shape index (κ2) is 8.06. The van der Waals surface area contributed by atoms with Crippen LogP contribution in [0.15, 0.2) is 48.5 Å². The maximum absolute atomic E-state index is 12.7. The zero-order valence-corrected chi connectivity index (χ0v) is 16.5. The van der Waals surface area contributed by atoms with Crippen molar-refractivity contribution in [3.8, 4) is 0 Å². The maximum atomic E-state index is 12.7. The van der Waals surface area contributed by atoms with Crippen molar-refractivity contribution < 1.29 is 14.3 Å². The lowest BCUT2D eigenvalue weighted by atomic mass is 10.2. The molecule has 4 rings (SSSR count). The van der Waals surface area contributed by atoms with Crippen molar-refractivity contribution in [1.29, 1.82) is 0 Å². The van der Waals surface area contributed by atoms with Crippen LogP contribution in [0.25, 0.3) is 22.2 Å². The van der Waals surface area contributed by atoms with Crippen LogP contribution in [-0.4, -0.2) is 40.8 Å². The van der Waals surface area contributed by atoms with E-state index in [-0.39, 0.29) is 18.0 Å². The van der Waals surface area contributed by atoms with Crippen LogP contribution < -0.4 is 5.73 Å². The SMILES string of the molecule is COCCOC(=O)c1c(N)n(Cc2ccc(Cl)cc2)c2nc3ccccc3nc12. The number of para-hydroxylation sites is 2. The van der Waals surface area contributed by atoms with E-state index < -0.39 is 5.97 Å². The van der Waals surface area contributed by atoms with Gasteiger partial charge in [0.1, 0.15) is 23.5 Å². The topological polar surface area (TPSA) is 92.3 Å². The first kappa shape index (κ1) is 19.2. The number of methoxy groups -OCH3 is 1. The van der Waals surface area contributed by atoms with Crippen LogP contribution >= 0.6 is 11.6 Å². The molecule has 0 radical (unpaired) electrons. The third-order valence-corrected chi connectivity index (χ3v) is 4.82. The number of esters is 1. The van der Waals surface area contributed by atoms with Crippen LogP contribution in [0.3, 0.4) is 0 Å². The van der Waals surface area contributed by atoms with E-state index >= 15 is 0 Å². The number of rotatable bonds is 6. The summed E-state index contributed by atoms with van der Waals surface area (Å²) < 4.78 is 12.0. The number of nitrogens with two attached hydrogens (primary N) is 1. The second-order valence-corrected chi connectivity index (χ2v) is 6.92. The summed E-state index contributed by atoms with van der Waals surface area (Å²) in [6.45, 7) is 0.835. The highest BCUT2D eigenvalue weighted by atomic mass is 35.5. The molecule has 29 heavy (non-hydrogen) atoms. The van der Waals surface area contributed by atoms with Crippen molar-refractivity contribution in [2.75, 3.05) is 26.1 Å². The zero-order valence-electron chi connectivity index (χ0n) is 15.8. The Hall–Kier alpha value is -3.16. The molecule has 2 heterocycles. The van der Waals surface area contributed by atoms with Crippen molar-refractivity contribution in [3.63, 3.8) is 0 Å². The number of halogens is 1. The number of nitrogen functional groups attached to an aromatic ring is 1. The van der Waals surface area contributed by atoms with Crippen molar-refractivity contribution >= 4 is 45.6 Å². The first-order chi connectivity index (χ1) is 14.1. The average Bonchev–Trinajstić information content (AvgIpc) is 2.99. The van der Waals surface area contributed by atoms with Crippen LogP contribution in [0.2, 0.25) is 5.02 Å². The Morgan fingerprint density at radius 3 is 2.45 bits per heavy atom. The number of benzene rings is 2. The number of hydrogen-bond donors (Lipinski definition) is 1. The molecule has 2 N–H and O–H groups in total. The van der Waals surface area contributed by atoms with Gasteiger partial charge in [0.15, 0.2) is 5.65 Å². The lowest BCUT2D eigenvalue weighted by molar-refractivity contribution is 0.0391. The fourth-order valence-corrected chi connectivity index (χ4v) is 3.27. The van der Waals surface area contributed by atoms with Gasteiger partial charge < -0.3 is 19.8 Å². The third-order valence-electron chi connectivity index (χ3n) is 4.57. The molecule has 0 saturated carbocycles. The molecule has 0 bridgehead atoms. The summed E-state index contributed by atoms with van der Waals surface area (Å²) in [7, 11) is 1.54. The molecule has 2 aromatic carbocycles. The van der Waals surface area contributed by atoms with E-state index in [4.69, 9.17) is 31.8 Å². The summed E-state index contributed by atoms with van der Waals surface area (Å²) in [6.07, 6.45) is 0. The number of fused-ring (bicyclic) bond motifs is 2. The lowest BCUT2D eigenvalue weighted by Crippen LogP contribution is -2.13. The zero-order chi connectivity index (χ0) is 20.4. The number of ether oxygens (including phenoxy) is 2. The number of hydrogen-bond acceptors (Lipinski definition) is 6. The quantitative estimate of drug-likeness (QED) is 0.385. The molecule has 8 heteroatoms. The Kier molecular flexibility index (Phi) is 5.33. The van der Waals surface area contributed by atoms with E-state index in [2.05, 4.69) is 4.98 Å². The molecule has 4 aromatic rings. The van der Waals surface area contributed by atoms with E-state index in [0.717, 1.165) is 5.56 Å². The van der Waals surface area contributed by atoms with Crippen LogP contribution in [-0.2, 0) is 16.0 Å². The van der Waals surface area contributed by atoms with Gasteiger partial charge in [-0.2, -0.15) is 0 Å². The highest BCUT2D eigenvalue weighted by Crippen LogP contribution is 2.29. The molecule has 0 atom stereocenters. The summed E-state index contributed by atoms with van der Waals surface area (Å²) in [5.41, 5.74) is 9.89. The minimum atomic E-state index is -0.552. The minimum absolute atomic E-state index is 0.125. The maximum Gasteiger partial charge on any atom is 0.344 e. The highest BCUT2D eigenvalue weighted by Gasteiger charge is 2.25. The van der Waals surface area contributed by atoms with Crippen LogP contribution in [0, 0.1) is 0 Å². The van der Waals surface area contributed by atoms with Crippen LogP contribution in [0.1, 0.15) is 15.9 Å². The number of nitrogens with zero attached hydrogens (tertiary/aromatic N) is 3. The lowest BCUT2D eigenvalue weighted by Gasteiger charge is -2.08. The number of carbonyl (C=O) groups excluding carboxylic acids is 1. The molecular weight excluding hydrogens is 392 g/mol. The standard InChI is InChI=1S/C21H19ClN4O3/c1-28-10-11-29-21(27)17-18-20(25-16-5-3-2-4-15(16)24-18)26(19(17)23)12-13-6-8-14(22)9-7-13/h2-9H,10-12,23H2,1H3. The first-order valence-electron chi connectivity index (χ1n) is 9.03. The summed E-state index contributed by atoms with van der Waals surface area (Å²) >= 11 is 5.99. The van der Waals surface area contributed by atoms with E-state index in [1.54, 1.807) is 16.7 Å². The molecule has 2 aromatic heterocycles. The largest absolute Gasteiger partial charge is 0.459 e. The van der Waals surface area contributed by atoms with Gasteiger partial charge >= 0.3 is 5.97 Å². The van der Waals surface area contributed by atoms with E-state index in [1.807, 2.05) is 36.4 Å². The number of carbonyl (C=O) groups is 1. The van der Waals surface area contributed by atoms with Crippen molar-refractivity contribution in [3.05, 3.63) is 64.7 Å². The van der Waals surface area contributed by atoms with Crippen LogP contribution in [0.5, 0.6) is 0 Å². The Balaban J connectivity index is 1.86. The van der Waals surface area contributed by atoms with E-state index in [9.17, 15) is 4.79 Å². The van der Waals surface area contributed by atoms with Gasteiger partial charge in [0.2, 0.25) is 0 Å². The van der Waals surface area contributed by atoms with Gasteiger partial charge in [-0.25, -0.2) is 14.8 Å².